The highest BCUT2D eigenvalue weighted by molar-refractivity contribution is 9.10. The van der Waals surface area contributed by atoms with Gasteiger partial charge in [-0.15, -0.1) is 16.9 Å². The topological polar surface area (TPSA) is 178 Å². The molecule has 17 heteroatoms. The summed E-state index contributed by atoms with van der Waals surface area (Å²) < 4.78 is 22.9. The minimum atomic E-state index is -1.49. The number of carbonyl (C=O) groups is 3. The van der Waals surface area contributed by atoms with E-state index in [2.05, 4.69) is 31.0 Å². The minimum absolute atomic E-state index is 0.0209. The molecule has 0 N–H and O–H groups in total. The molecule has 3 aromatic rings. The van der Waals surface area contributed by atoms with Crippen LogP contribution in [0.3, 0.4) is 0 Å². The third-order valence-corrected chi connectivity index (χ3v) is 10.6. The monoisotopic (exact) mass is 686 g/mol. The molecule has 1 amide bonds. The Labute approximate surface area is 261 Å². The molecule has 3 aliphatic heterocycles. The molecule has 1 aliphatic carbocycles. The van der Waals surface area contributed by atoms with Crippen molar-refractivity contribution >= 4 is 57.0 Å². The van der Waals surface area contributed by atoms with Gasteiger partial charge in [-0.2, -0.15) is 4.98 Å². The number of halogens is 1. The average molecular weight is 687 g/mol. The number of non-ortho nitro benzene ring substituents is 1. The molecule has 5 heterocycles. The molecule has 3 atom stereocenters. The molecule has 1 aromatic carbocycles. The van der Waals surface area contributed by atoms with Crippen LogP contribution in [-0.4, -0.2) is 76.0 Å². The molecule has 7 rings (SSSR count). The molecule has 2 aromatic heterocycles. The summed E-state index contributed by atoms with van der Waals surface area (Å²) in [6.45, 7) is 2.15. The van der Waals surface area contributed by atoms with E-state index in [0.717, 1.165) is 11.3 Å². The van der Waals surface area contributed by atoms with Gasteiger partial charge in [0.15, 0.2) is 22.0 Å². The van der Waals surface area contributed by atoms with Crippen molar-refractivity contribution in [3.63, 3.8) is 0 Å². The molecule has 4 aliphatic rings. The predicted octanol–water partition coefficient (Wildman–Crippen LogP) is 2.50. The third-order valence-electron chi connectivity index (χ3n) is 7.92. The van der Waals surface area contributed by atoms with E-state index in [4.69, 9.17) is 18.9 Å². The number of amides is 1. The normalized spacial score (nSPS) is 24.0. The Morgan fingerprint density at radius 1 is 1.27 bits per heavy atom. The highest BCUT2D eigenvalue weighted by Crippen LogP contribution is 2.57. The van der Waals surface area contributed by atoms with Crippen molar-refractivity contribution in [1.82, 2.24) is 24.5 Å². The van der Waals surface area contributed by atoms with Gasteiger partial charge in [0, 0.05) is 43.5 Å². The van der Waals surface area contributed by atoms with Crippen LogP contribution in [0.1, 0.15) is 42.1 Å². The predicted molar refractivity (Wildman–Crippen MR) is 153 cm³/mol. The number of rotatable bonds is 7. The summed E-state index contributed by atoms with van der Waals surface area (Å²) in [5.74, 6) is -2.24. The highest BCUT2D eigenvalue weighted by Gasteiger charge is 2.70. The number of thioether (sulfide) groups is 1. The summed E-state index contributed by atoms with van der Waals surface area (Å²) in [5, 5.41) is 16.4. The van der Waals surface area contributed by atoms with E-state index in [-0.39, 0.29) is 29.6 Å². The zero-order valence-corrected chi connectivity index (χ0v) is 25.4. The molecule has 2 fully saturated rings. The number of hydrogen-bond acceptors (Lipinski definition) is 13. The summed E-state index contributed by atoms with van der Waals surface area (Å²) in [6, 6.07) is 5.59. The SMILES string of the molecule is CC(=O)OC(c1nc2ncc3c(n2n1)CCC1(C3)OCCO1)C1(Br)C(=O)N2C(C(=O)OCc3ccc([N+](=O)[O-])cc3)=CS[C@@H]21. The van der Waals surface area contributed by atoms with Crippen LogP contribution >= 0.6 is 27.7 Å². The number of nitro groups is 1. The first kappa shape index (κ1) is 28.8. The zero-order chi connectivity index (χ0) is 30.8. The average Bonchev–Trinajstić information content (AvgIpc) is 3.76. The Kier molecular flexibility index (Phi) is 6.95. The number of ether oxygens (including phenoxy) is 4. The van der Waals surface area contributed by atoms with Crippen LogP contribution in [0.5, 0.6) is 0 Å². The fourth-order valence-electron chi connectivity index (χ4n) is 5.80. The maximum Gasteiger partial charge on any atom is 0.355 e. The number of nitrogens with zero attached hydrogens (tertiary/aromatic N) is 6. The Morgan fingerprint density at radius 2 is 2.02 bits per heavy atom. The lowest BCUT2D eigenvalue weighted by Crippen LogP contribution is -2.70. The first-order valence-electron chi connectivity index (χ1n) is 13.6. The molecule has 2 unspecified atom stereocenters. The van der Waals surface area contributed by atoms with Crippen molar-refractivity contribution in [2.45, 2.75) is 54.4 Å². The Hall–Kier alpha value is -3.93. The van der Waals surface area contributed by atoms with Crippen LogP contribution in [0.25, 0.3) is 5.78 Å². The van der Waals surface area contributed by atoms with Crippen molar-refractivity contribution in [1.29, 1.82) is 0 Å². The smallest absolute Gasteiger partial charge is 0.355 e. The van der Waals surface area contributed by atoms with E-state index in [1.165, 1.54) is 53.3 Å². The van der Waals surface area contributed by atoms with Crippen molar-refractivity contribution in [3.8, 4) is 0 Å². The van der Waals surface area contributed by atoms with E-state index in [1.54, 1.807) is 10.7 Å². The maximum atomic E-state index is 13.7. The number of fused-ring (bicyclic) bond motifs is 4. The molecule has 1 spiro atoms. The van der Waals surface area contributed by atoms with Crippen LogP contribution in [0.2, 0.25) is 0 Å². The first-order valence-corrected chi connectivity index (χ1v) is 15.3. The summed E-state index contributed by atoms with van der Waals surface area (Å²) in [4.78, 5) is 59.5. The Bertz CT molecular complexity index is 1760. The number of β-lactam (4-membered cyclic amide) rings is 1. The van der Waals surface area contributed by atoms with Gasteiger partial charge in [-0.1, -0.05) is 15.9 Å². The number of aromatic nitrogens is 4. The quantitative estimate of drug-likeness (QED) is 0.117. The fraction of sp³-hybridized carbons (Fsp3) is 0.407. The summed E-state index contributed by atoms with van der Waals surface area (Å²) in [6.07, 6.45) is 2.21. The third kappa shape index (κ3) is 4.56. The highest BCUT2D eigenvalue weighted by atomic mass is 79.9. The number of hydrogen-bond donors (Lipinski definition) is 0. The van der Waals surface area contributed by atoms with Crippen LogP contribution in [0, 0.1) is 10.1 Å². The molecule has 0 radical (unpaired) electrons. The second kappa shape index (κ2) is 10.6. The number of esters is 2. The summed E-state index contributed by atoms with van der Waals surface area (Å²) in [5.41, 5.74) is 2.25. The van der Waals surface area contributed by atoms with E-state index < -0.39 is 44.4 Å². The second-order valence-electron chi connectivity index (χ2n) is 10.6. The molecule has 228 valence electrons. The lowest BCUT2D eigenvalue weighted by atomic mass is 9.90. The van der Waals surface area contributed by atoms with Crippen molar-refractivity contribution < 1.29 is 38.3 Å². The van der Waals surface area contributed by atoms with Crippen LogP contribution < -0.4 is 0 Å². The van der Waals surface area contributed by atoms with Gasteiger partial charge < -0.3 is 18.9 Å². The van der Waals surface area contributed by atoms with Gasteiger partial charge in [0.1, 0.15) is 17.7 Å². The maximum absolute atomic E-state index is 13.7. The van der Waals surface area contributed by atoms with Gasteiger partial charge in [-0.3, -0.25) is 24.6 Å². The second-order valence-corrected chi connectivity index (χ2v) is 12.9. The van der Waals surface area contributed by atoms with E-state index in [1.807, 2.05) is 0 Å². The molecule has 2 saturated heterocycles. The largest absolute Gasteiger partial charge is 0.456 e. The van der Waals surface area contributed by atoms with E-state index >= 15 is 0 Å². The van der Waals surface area contributed by atoms with Gasteiger partial charge in [0.25, 0.3) is 17.4 Å². The van der Waals surface area contributed by atoms with Crippen LogP contribution in [0.4, 0.5) is 5.69 Å². The van der Waals surface area contributed by atoms with Crippen molar-refractivity contribution in [2.24, 2.45) is 0 Å². The molecule has 0 bridgehead atoms. The number of nitro benzene ring substituents is 1. The van der Waals surface area contributed by atoms with Gasteiger partial charge in [-0.05, 0) is 29.7 Å². The lowest BCUT2D eigenvalue weighted by molar-refractivity contribution is -0.384. The van der Waals surface area contributed by atoms with Crippen LogP contribution in [0.15, 0.2) is 41.6 Å². The molecule has 15 nitrogen and oxygen atoms in total. The molecular weight excluding hydrogens is 664 g/mol. The summed E-state index contributed by atoms with van der Waals surface area (Å²) >= 11 is 4.72. The van der Waals surface area contributed by atoms with E-state index in [9.17, 15) is 24.5 Å². The lowest BCUT2D eigenvalue weighted by Gasteiger charge is -2.50. The fourth-order valence-corrected chi connectivity index (χ4v) is 8.04. The molecule has 0 saturated carbocycles. The number of carbonyl (C=O) groups excluding carboxylic acids is 3. The molecular formula is C27H23BrN6O9S. The Balaban J connectivity index is 1.11. The van der Waals surface area contributed by atoms with Crippen molar-refractivity contribution in [2.75, 3.05) is 13.2 Å². The zero-order valence-electron chi connectivity index (χ0n) is 23.0. The van der Waals surface area contributed by atoms with Gasteiger partial charge in [0.05, 0.1) is 23.8 Å². The van der Waals surface area contributed by atoms with Gasteiger partial charge in [0.2, 0.25) is 0 Å². The first-order chi connectivity index (χ1) is 21.1. The minimum Gasteiger partial charge on any atom is -0.456 e. The number of alkyl halides is 1. The number of aryl methyl sites for hydroxylation is 1. The number of benzene rings is 1. The van der Waals surface area contributed by atoms with E-state index in [0.29, 0.717) is 38.0 Å². The van der Waals surface area contributed by atoms with Crippen molar-refractivity contribution in [3.05, 3.63) is 74.3 Å². The standard InChI is InChI=1S/C27H23BrN6O9S/c1-14(35)43-20(21-30-25-29-11-16-10-26(41-8-9-42-26)7-6-18(16)33(25)31-21)27(28)23(37)32-19(13-44-24(27)32)22(36)40-12-15-2-4-17(5-3-15)34(38)39/h2-5,11,13,20,24H,6-10,12H2,1H3/t20?,24-,27?/m1/s1. The van der Waals surface area contributed by atoms with Gasteiger partial charge in [-0.25, -0.2) is 14.3 Å². The Morgan fingerprint density at radius 3 is 2.73 bits per heavy atom. The summed E-state index contributed by atoms with van der Waals surface area (Å²) in [7, 11) is 0. The van der Waals surface area contributed by atoms with Gasteiger partial charge >= 0.3 is 11.9 Å². The van der Waals surface area contributed by atoms with Crippen LogP contribution in [-0.2, 0) is 52.8 Å². The molecule has 44 heavy (non-hydrogen) atoms.